The summed E-state index contributed by atoms with van der Waals surface area (Å²) in [4.78, 5) is 11.6. The van der Waals surface area contributed by atoms with Gasteiger partial charge in [-0.05, 0) is 50.5 Å². The second-order valence-corrected chi connectivity index (χ2v) is 10.7. The number of furan rings is 1. The molecule has 14 heteroatoms. The fraction of sp³-hybridized carbons (Fsp3) is 0.250. The number of rotatable bonds is 6. The number of fused-ring (bicyclic) bond motifs is 1. The summed E-state index contributed by atoms with van der Waals surface area (Å²) in [6, 6.07) is 6.47. The quantitative estimate of drug-likeness (QED) is 0.224. The lowest BCUT2D eigenvalue weighted by atomic mass is 10.1. The summed E-state index contributed by atoms with van der Waals surface area (Å²) in [5.74, 6) is -2.44. The molecule has 0 aliphatic heterocycles. The van der Waals surface area contributed by atoms with Gasteiger partial charge in [-0.25, -0.2) is 12.8 Å². The zero-order valence-electron chi connectivity index (χ0n) is 17.9. The van der Waals surface area contributed by atoms with Crippen molar-refractivity contribution in [3.05, 3.63) is 53.3 Å². The molecular formula is C20H19F4NO7S2. The standard InChI is InChI=1S/C18H12F4O7S2.C2H7N/c1-30(24,25)9-11-6-16-13(7-15(11)29-31(26,27)18(20,21)22)14(8-23)17(28-16)10-2-4-12(19)5-3-10;1-3-2/h2-8H,9H2,1H3;3H,1-2H3. The fourth-order valence-electron chi connectivity index (χ4n) is 2.76. The number of sulfone groups is 1. The zero-order valence-corrected chi connectivity index (χ0v) is 19.6. The van der Waals surface area contributed by atoms with E-state index < -0.39 is 48.3 Å². The highest BCUT2D eigenvalue weighted by atomic mass is 32.2. The molecule has 0 fully saturated rings. The molecule has 0 spiro atoms. The lowest BCUT2D eigenvalue weighted by molar-refractivity contribution is -0.0500. The number of benzene rings is 2. The van der Waals surface area contributed by atoms with Crippen molar-refractivity contribution < 1.29 is 47.8 Å². The van der Waals surface area contributed by atoms with Crippen LogP contribution in [-0.2, 0) is 25.7 Å². The molecule has 3 aromatic rings. The summed E-state index contributed by atoms with van der Waals surface area (Å²) < 4.78 is 107. The summed E-state index contributed by atoms with van der Waals surface area (Å²) in [5.41, 5.74) is -6.25. The Balaban J connectivity index is 0.00000129. The maximum absolute atomic E-state index is 13.2. The van der Waals surface area contributed by atoms with Crippen molar-refractivity contribution in [1.29, 1.82) is 0 Å². The average Bonchev–Trinajstić information content (AvgIpc) is 3.04. The molecule has 3 rings (SSSR count). The lowest BCUT2D eigenvalue weighted by Gasteiger charge is -2.13. The first-order valence-corrected chi connectivity index (χ1v) is 12.7. The number of carbonyl (C=O) groups excluding carboxylic acids is 1. The van der Waals surface area contributed by atoms with E-state index >= 15 is 0 Å². The zero-order chi connectivity index (χ0) is 25.9. The highest BCUT2D eigenvalue weighted by molar-refractivity contribution is 7.90. The Labute approximate surface area is 192 Å². The van der Waals surface area contributed by atoms with Crippen LogP contribution in [0.1, 0.15) is 15.9 Å². The highest BCUT2D eigenvalue weighted by Gasteiger charge is 2.49. The summed E-state index contributed by atoms with van der Waals surface area (Å²) >= 11 is 0. The Morgan fingerprint density at radius 1 is 1.06 bits per heavy atom. The summed E-state index contributed by atoms with van der Waals surface area (Å²) in [6.07, 6.45) is 1.09. The van der Waals surface area contributed by atoms with Crippen LogP contribution in [0.3, 0.4) is 0 Å². The van der Waals surface area contributed by atoms with Gasteiger partial charge < -0.3 is 13.9 Å². The smallest absolute Gasteiger partial charge is 0.455 e. The Kier molecular flexibility index (Phi) is 8.11. The molecule has 1 N–H and O–H groups in total. The Morgan fingerprint density at radius 2 is 1.62 bits per heavy atom. The van der Waals surface area contributed by atoms with Crippen LogP contribution in [0.2, 0.25) is 0 Å². The Hall–Kier alpha value is -2.97. The minimum atomic E-state index is -6.12. The molecule has 0 saturated heterocycles. The molecular weight excluding hydrogens is 506 g/mol. The van der Waals surface area contributed by atoms with E-state index in [-0.39, 0.29) is 27.9 Å². The molecule has 0 bridgehead atoms. The van der Waals surface area contributed by atoms with Crippen LogP contribution in [0.4, 0.5) is 17.6 Å². The second kappa shape index (κ2) is 10.1. The molecule has 2 aromatic carbocycles. The largest absolute Gasteiger partial charge is 0.534 e. The van der Waals surface area contributed by atoms with Crippen LogP contribution in [0.15, 0.2) is 40.8 Å². The highest BCUT2D eigenvalue weighted by Crippen LogP contribution is 2.38. The Morgan fingerprint density at radius 3 is 2.09 bits per heavy atom. The van der Waals surface area contributed by atoms with Gasteiger partial charge in [0.25, 0.3) is 0 Å². The lowest BCUT2D eigenvalue weighted by Crippen LogP contribution is -2.28. The van der Waals surface area contributed by atoms with Crippen molar-refractivity contribution in [3.8, 4) is 17.1 Å². The number of carbonyl (C=O) groups is 1. The molecule has 0 aliphatic carbocycles. The fourth-order valence-corrected chi connectivity index (χ4v) is 4.03. The molecule has 1 aromatic heterocycles. The first-order chi connectivity index (χ1) is 15.6. The molecule has 0 unspecified atom stereocenters. The van der Waals surface area contributed by atoms with Crippen LogP contribution >= 0.6 is 0 Å². The maximum Gasteiger partial charge on any atom is 0.534 e. The van der Waals surface area contributed by atoms with Gasteiger partial charge in [-0.3, -0.25) is 4.79 Å². The number of hydrogen-bond donors (Lipinski definition) is 1. The van der Waals surface area contributed by atoms with Crippen molar-refractivity contribution in [2.75, 3.05) is 20.4 Å². The van der Waals surface area contributed by atoms with Gasteiger partial charge in [0, 0.05) is 22.8 Å². The minimum Gasteiger partial charge on any atom is -0.455 e. The van der Waals surface area contributed by atoms with Crippen molar-refractivity contribution in [3.63, 3.8) is 0 Å². The first kappa shape index (κ1) is 27.3. The van der Waals surface area contributed by atoms with Gasteiger partial charge in [0.1, 0.15) is 22.9 Å². The third-order valence-corrected chi connectivity index (χ3v) is 5.84. The Bertz CT molecular complexity index is 1400. The van der Waals surface area contributed by atoms with Crippen molar-refractivity contribution in [1.82, 2.24) is 5.32 Å². The van der Waals surface area contributed by atoms with E-state index in [0.29, 0.717) is 6.29 Å². The van der Waals surface area contributed by atoms with E-state index in [9.17, 15) is 39.2 Å². The van der Waals surface area contributed by atoms with Crippen molar-refractivity contribution in [2.24, 2.45) is 0 Å². The number of hydrogen-bond acceptors (Lipinski definition) is 8. The molecule has 0 amide bonds. The number of halogens is 4. The van der Waals surface area contributed by atoms with Crippen LogP contribution in [0.5, 0.6) is 5.75 Å². The van der Waals surface area contributed by atoms with Crippen LogP contribution in [0.25, 0.3) is 22.3 Å². The van der Waals surface area contributed by atoms with Gasteiger partial charge >= 0.3 is 15.6 Å². The topological polar surface area (TPSA) is 120 Å². The number of nitrogens with one attached hydrogen (secondary N) is 1. The first-order valence-electron chi connectivity index (χ1n) is 9.21. The van der Waals surface area contributed by atoms with E-state index in [1.54, 1.807) is 0 Å². The average molecular weight is 525 g/mol. The molecule has 0 radical (unpaired) electrons. The minimum absolute atomic E-state index is 0.0777. The molecule has 0 atom stereocenters. The van der Waals surface area contributed by atoms with E-state index in [0.717, 1.165) is 30.5 Å². The van der Waals surface area contributed by atoms with E-state index in [1.807, 2.05) is 14.1 Å². The van der Waals surface area contributed by atoms with Gasteiger partial charge in [-0.15, -0.1) is 0 Å². The monoisotopic (exact) mass is 525 g/mol. The van der Waals surface area contributed by atoms with Crippen molar-refractivity contribution in [2.45, 2.75) is 11.3 Å². The molecule has 0 saturated carbocycles. The summed E-state index contributed by atoms with van der Waals surface area (Å²) in [5, 5.41) is 2.62. The molecule has 8 nitrogen and oxygen atoms in total. The van der Waals surface area contributed by atoms with Gasteiger partial charge in [-0.1, -0.05) is 0 Å². The summed E-state index contributed by atoms with van der Waals surface area (Å²) in [6.45, 7) is 0. The van der Waals surface area contributed by atoms with Crippen LogP contribution in [-0.4, -0.2) is 49.0 Å². The SMILES string of the molecule is CNC.CS(=O)(=O)Cc1cc2oc(-c3ccc(F)cc3)c(C=O)c2cc1OS(=O)(=O)C(F)(F)F. The second-order valence-electron chi connectivity index (χ2n) is 6.98. The van der Waals surface area contributed by atoms with Gasteiger partial charge in [-0.2, -0.15) is 21.6 Å². The van der Waals surface area contributed by atoms with E-state index in [2.05, 4.69) is 9.50 Å². The molecule has 34 heavy (non-hydrogen) atoms. The van der Waals surface area contributed by atoms with Crippen LogP contribution < -0.4 is 9.50 Å². The molecule has 186 valence electrons. The molecule has 0 aliphatic rings. The third kappa shape index (κ3) is 6.33. The van der Waals surface area contributed by atoms with Crippen molar-refractivity contribution >= 4 is 37.2 Å². The van der Waals surface area contributed by atoms with Gasteiger partial charge in [0.05, 0.1) is 11.3 Å². The predicted molar refractivity (Wildman–Crippen MR) is 116 cm³/mol. The summed E-state index contributed by atoms with van der Waals surface area (Å²) in [7, 11) is -6.21. The number of alkyl halides is 3. The molecule has 1 heterocycles. The van der Waals surface area contributed by atoms with E-state index in [1.165, 1.54) is 12.1 Å². The van der Waals surface area contributed by atoms with Crippen LogP contribution in [0, 0.1) is 5.82 Å². The third-order valence-electron chi connectivity index (χ3n) is 4.03. The van der Waals surface area contributed by atoms with Gasteiger partial charge in [0.15, 0.2) is 16.1 Å². The number of aldehydes is 1. The maximum atomic E-state index is 13.2. The van der Waals surface area contributed by atoms with E-state index in [4.69, 9.17) is 4.42 Å². The van der Waals surface area contributed by atoms with Gasteiger partial charge in [0.2, 0.25) is 0 Å². The normalized spacial score (nSPS) is 12.2. The predicted octanol–water partition coefficient (Wildman–Crippen LogP) is 3.66.